The van der Waals surface area contributed by atoms with Crippen molar-refractivity contribution < 1.29 is 0 Å². The first-order valence-electron chi connectivity index (χ1n) is 4.67. The zero-order chi connectivity index (χ0) is 10.1. The zero-order valence-corrected chi connectivity index (χ0v) is 9.02. The molecule has 0 aliphatic rings. The summed E-state index contributed by atoms with van der Waals surface area (Å²) in [5.41, 5.74) is 3.97. The Hall–Kier alpha value is -1.04. The van der Waals surface area contributed by atoms with E-state index in [1.807, 2.05) is 6.92 Å². The van der Waals surface area contributed by atoms with Gasteiger partial charge in [0.1, 0.15) is 0 Å². The van der Waals surface area contributed by atoms with Crippen molar-refractivity contribution in [2.24, 2.45) is 0 Å². The molecule has 1 rings (SSSR count). The largest absolute Gasteiger partial charge is 0.0955 e. The second kappa shape index (κ2) is 4.45. The van der Waals surface area contributed by atoms with Crippen LogP contribution >= 0.6 is 0 Å². The molecule has 0 nitrogen and oxygen atoms in total. The van der Waals surface area contributed by atoms with Crippen molar-refractivity contribution in [3.05, 3.63) is 42.0 Å². The van der Waals surface area contributed by atoms with Crippen molar-refractivity contribution in [2.45, 2.75) is 40.5 Å². The molecule has 0 saturated carbocycles. The molecule has 0 aliphatic heterocycles. The van der Waals surface area contributed by atoms with Crippen molar-refractivity contribution >= 4 is 5.57 Å². The van der Waals surface area contributed by atoms with Crippen LogP contribution in [0.25, 0.3) is 5.57 Å². The van der Waals surface area contributed by atoms with Gasteiger partial charge < -0.3 is 0 Å². The van der Waals surface area contributed by atoms with Gasteiger partial charge in [-0.15, -0.1) is 0 Å². The van der Waals surface area contributed by atoms with E-state index in [0.29, 0.717) is 0 Å². The molecule has 0 unspecified atom stereocenters. The molecular weight excluding hydrogens is 168 g/mol. The molecule has 0 fully saturated rings. The predicted octanol–water partition coefficient (Wildman–Crippen LogP) is 4.65. The monoisotopic (exact) mass is 190 g/mol. The molecule has 0 atom stereocenters. The fourth-order valence-corrected chi connectivity index (χ4v) is 1.25. The van der Waals surface area contributed by atoms with Gasteiger partial charge in [-0.2, -0.15) is 0 Å². The van der Waals surface area contributed by atoms with Crippen molar-refractivity contribution in [3.8, 4) is 0 Å². The maximum absolute atomic E-state index is 3.95. The smallest absolute Gasteiger partial charge is 0.0132 e. The van der Waals surface area contributed by atoms with Crippen molar-refractivity contribution in [1.29, 1.82) is 0 Å². The molecule has 0 saturated heterocycles. The first kappa shape index (κ1) is 13.0. The lowest BCUT2D eigenvalue weighted by Gasteiger charge is -2.19. The molecule has 1 aromatic carbocycles. The average molecular weight is 190 g/mol. The van der Waals surface area contributed by atoms with E-state index in [1.165, 1.54) is 11.1 Å². The highest BCUT2D eigenvalue weighted by atomic mass is 14.2. The maximum atomic E-state index is 3.95. The van der Waals surface area contributed by atoms with E-state index in [9.17, 15) is 0 Å². The molecule has 0 heteroatoms. The summed E-state index contributed by atoms with van der Waals surface area (Å²) < 4.78 is 0. The minimum Gasteiger partial charge on any atom is -0.0955 e. The van der Waals surface area contributed by atoms with Gasteiger partial charge in [-0.25, -0.2) is 0 Å². The van der Waals surface area contributed by atoms with Gasteiger partial charge in [0, 0.05) is 0 Å². The third-order valence-corrected chi connectivity index (χ3v) is 2.22. The Morgan fingerprint density at radius 3 is 2.21 bits per heavy atom. The summed E-state index contributed by atoms with van der Waals surface area (Å²) in [6.45, 7) is 12.7. The van der Waals surface area contributed by atoms with E-state index >= 15 is 0 Å². The summed E-state index contributed by atoms with van der Waals surface area (Å²) in [4.78, 5) is 0. The van der Waals surface area contributed by atoms with E-state index in [2.05, 4.69) is 51.6 Å². The summed E-state index contributed by atoms with van der Waals surface area (Å²) in [7, 11) is 0. The lowest BCUT2D eigenvalue weighted by molar-refractivity contribution is 0.590. The highest BCUT2D eigenvalue weighted by Crippen LogP contribution is 2.24. The van der Waals surface area contributed by atoms with E-state index in [1.54, 1.807) is 0 Å². The van der Waals surface area contributed by atoms with E-state index < -0.39 is 0 Å². The zero-order valence-electron chi connectivity index (χ0n) is 9.02. The first-order valence-corrected chi connectivity index (χ1v) is 4.67. The fraction of sp³-hybridized carbons (Fsp3) is 0.429. The van der Waals surface area contributed by atoms with Crippen LogP contribution in [-0.2, 0) is 5.41 Å². The van der Waals surface area contributed by atoms with Crippen LogP contribution in [0.1, 0.15) is 46.2 Å². The van der Waals surface area contributed by atoms with Crippen LogP contribution < -0.4 is 0 Å². The molecular formula is C14H22. The standard InChI is InChI=1S/C13H18.CH4/c1-10(2)11-7-6-8-12(9-11)13(3,4)5;/h6-9H,1H2,2-5H3;1H4. The van der Waals surface area contributed by atoms with Crippen LogP contribution in [0, 0.1) is 0 Å². The topological polar surface area (TPSA) is 0 Å². The number of hydrogen-bond acceptors (Lipinski definition) is 0. The van der Waals surface area contributed by atoms with Gasteiger partial charge in [0.2, 0.25) is 0 Å². The summed E-state index contributed by atoms with van der Waals surface area (Å²) in [5, 5.41) is 0. The first-order chi connectivity index (χ1) is 5.91. The Kier molecular flexibility index (Phi) is 4.12. The highest BCUT2D eigenvalue weighted by Gasteiger charge is 2.13. The van der Waals surface area contributed by atoms with Gasteiger partial charge in [-0.3, -0.25) is 0 Å². The van der Waals surface area contributed by atoms with E-state index in [-0.39, 0.29) is 12.8 Å². The van der Waals surface area contributed by atoms with Crippen LogP contribution in [0.5, 0.6) is 0 Å². The Morgan fingerprint density at radius 1 is 1.21 bits per heavy atom. The molecule has 0 aromatic heterocycles. The van der Waals surface area contributed by atoms with Crippen LogP contribution in [0.15, 0.2) is 30.8 Å². The maximum Gasteiger partial charge on any atom is -0.0132 e. The van der Waals surface area contributed by atoms with Gasteiger partial charge in [0.15, 0.2) is 0 Å². The number of benzene rings is 1. The number of allylic oxidation sites excluding steroid dienone is 1. The van der Waals surface area contributed by atoms with E-state index in [0.717, 1.165) is 5.57 Å². The number of rotatable bonds is 1. The van der Waals surface area contributed by atoms with Crippen LogP contribution in [-0.4, -0.2) is 0 Å². The van der Waals surface area contributed by atoms with Crippen LogP contribution in [0.2, 0.25) is 0 Å². The SMILES string of the molecule is C.C=C(C)c1cccc(C(C)(C)C)c1. The highest BCUT2D eigenvalue weighted by molar-refractivity contribution is 5.62. The minimum absolute atomic E-state index is 0. The summed E-state index contributed by atoms with van der Waals surface area (Å²) in [6, 6.07) is 8.61. The van der Waals surface area contributed by atoms with Crippen molar-refractivity contribution in [3.63, 3.8) is 0 Å². The average Bonchev–Trinajstić information content (AvgIpc) is 2.03. The van der Waals surface area contributed by atoms with E-state index in [4.69, 9.17) is 0 Å². The molecule has 0 spiro atoms. The van der Waals surface area contributed by atoms with Gasteiger partial charge in [0.25, 0.3) is 0 Å². The second-order valence-electron chi connectivity index (χ2n) is 4.61. The predicted molar refractivity (Wildman–Crippen MR) is 66.6 cm³/mol. The molecule has 0 amide bonds. The third-order valence-electron chi connectivity index (χ3n) is 2.22. The lowest BCUT2D eigenvalue weighted by atomic mass is 9.85. The minimum atomic E-state index is 0. The Morgan fingerprint density at radius 2 is 1.79 bits per heavy atom. The van der Waals surface area contributed by atoms with Crippen molar-refractivity contribution in [1.82, 2.24) is 0 Å². The molecule has 14 heavy (non-hydrogen) atoms. The number of hydrogen-bond donors (Lipinski definition) is 0. The molecule has 0 radical (unpaired) electrons. The third kappa shape index (κ3) is 3.02. The van der Waals surface area contributed by atoms with Crippen LogP contribution in [0.3, 0.4) is 0 Å². The summed E-state index contributed by atoms with van der Waals surface area (Å²) in [5.74, 6) is 0. The van der Waals surface area contributed by atoms with Gasteiger partial charge in [0.05, 0.1) is 0 Å². The molecule has 0 heterocycles. The fourth-order valence-electron chi connectivity index (χ4n) is 1.25. The van der Waals surface area contributed by atoms with Crippen molar-refractivity contribution in [2.75, 3.05) is 0 Å². The molecule has 0 bridgehead atoms. The molecule has 0 aliphatic carbocycles. The molecule has 78 valence electrons. The normalized spacial score (nSPS) is 10.6. The Labute approximate surface area is 88.7 Å². The Bertz CT molecular complexity index is 313. The quantitative estimate of drug-likeness (QED) is 0.604. The summed E-state index contributed by atoms with van der Waals surface area (Å²) >= 11 is 0. The van der Waals surface area contributed by atoms with Gasteiger partial charge in [-0.05, 0) is 23.5 Å². The van der Waals surface area contributed by atoms with Crippen LogP contribution in [0.4, 0.5) is 0 Å². The summed E-state index contributed by atoms with van der Waals surface area (Å²) in [6.07, 6.45) is 0. The second-order valence-corrected chi connectivity index (χ2v) is 4.61. The van der Waals surface area contributed by atoms with Gasteiger partial charge in [-0.1, -0.05) is 64.6 Å². The molecule has 0 N–H and O–H groups in total. The molecule has 1 aromatic rings. The lowest BCUT2D eigenvalue weighted by Crippen LogP contribution is -2.10. The van der Waals surface area contributed by atoms with Gasteiger partial charge >= 0.3 is 0 Å². The Balaban J connectivity index is 0.00000169.